The molecule has 0 saturated heterocycles. The van der Waals surface area contributed by atoms with Crippen molar-refractivity contribution < 1.29 is 43.9 Å². The number of hydrogen-bond donors (Lipinski definition) is 0. The van der Waals surface area contributed by atoms with E-state index in [1.54, 1.807) is 0 Å². The Morgan fingerprint density at radius 1 is 0.400 bits per heavy atom. The van der Waals surface area contributed by atoms with Gasteiger partial charge >= 0.3 is 0 Å². The zero-order chi connectivity index (χ0) is 29.8. The zero-order valence-corrected chi connectivity index (χ0v) is 18.5. The second-order valence-electron chi connectivity index (χ2n) is 7.46. The van der Waals surface area contributed by atoms with Crippen LogP contribution in [0.2, 0.25) is 0 Å². The summed E-state index contributed by atoms with van der Waals surface area (Å²) < 4.78 is 142. The average molecular weight is 562 g/mol. The van der Waals surface area contributed by atoms with Gasteiger partial charge in [0.05, 0.1) is 33.7 Å². The molecule has 4 rings (SSSR count). The first-order valence-corrected chi connectivity index (χ1v) is 9.93. The Hall–Kier alpha value is -5.74. The lowest BCUT2D eigenvalue weighted by Crippen LogP contribution is -2.17. The number of nitriles is 4. The number of rotatable bonds is 2. The Labute approximate surface area is 214 Å². The summed E-state index contributed by atoms with van der Waals surface area (Å²) in [4.78, 5) is 7.13. The van der Waals surface area contributed by atoms with Gasteiger partial charge in [0.2, 0.25) is 11.6 Å². The molecule has 0 spiro atoms. The van der Waals surface area contributed by atoms with E-state index in [2.05, 4.69) is 9.98 Å². The summed E-state index contributed by atoms with van der Waals surface area (Å²) in [5, 5.41) is 37.5. The molecule has 0 fully saturated rings. The van der Waals surface area contributed by atoms with Crippen molar-refractivity contribution in [2.45, 2.75) is 0 Å². The standard InChI is InChI=1S/C24F10N6/c25-11-9(12(26)16(30)19(33)15(11)29)21-7(5(1-35)2-36)23-24(39-21)8(6(3-37)4-38)22(40-23)10-13(27)17(31)20(34)18(32)14(10)28. The molecule has 0 radical (unpaired) electrons. The molecule has 0 unspecified atom stereocenters. The fourth-order valence-electron chi connectivity index (χ4n) is 3.75. The zero-order valence-electron chi connectivity index (χ0n) is 18.5. The average Bonchev–Trinajstić information content (AvgIpc) is 3.47. The van der Waals surface area contributed by atoms with Crippen LogP contribution in [0.15, 0.2) is 43.7 Å². The normalized spacial score (nSPS) is 13.8. The van der Waals surface area contributed by atoms with Gasteiger partial charge in [0, 0.05) is 0 Å². The minimum atomic E-state index is -2.59. The Morgan fingerprint density at radius 2 is 0.625 bits per heavy atom. The summed E-state index contributed by atoms with van der Waals surface area (Å²) in [5.74, 6) is -25.1. The number of halogens is 10. The molecule has 0 atom stereocenters. The smallest absolute Gasteiger partial charge is 0.200 e. The lowest BCUT2D eigenvalue weighted by molar-refractivity contribution is 0.377. The molecule has 196 valence electrons. The number of benzene rings is 2. The van der Waals surface area contributed by atoms with Crippen molar-refractivity contribution in [2.24, 2.45) is 9.98 Å². The van der Waals surface area contributed by atoms with Crippen LogP contribution in [0.4, 0.5) is 43.9 Å². The van der Waals surface area contributed by atoms with Crippen LogP contribution in [0.1, 0.15) is 11.1 Å². The van der Waals surface area contributed by atoms with Crippen molar-refractivity contribution in [3.05, 3.63) is 103 Å². The topological polar surface area (TPSA) is 120 Å². The van der Waals surface area contributed by atoms with Crippen molar-refractivity contribution in [2.75, 3.05) is 0 Å². The molecule has 2 aliphatic heterocycles. The summed E-state index contributed by atoms with van der Waals surface area (Å²) in [6, 6.07) is 4.90. The highest BCUT2D eigenvalue weighted by atomic mass is 19.2. The first kappa shape index (κ1) is 27.3. The molecule has 0 bridgehead atoms. The number of nitrogens with zero attached hydrogens (tertiary/aromatic N) is 6. The van der Waals surface area contributed by atoms with Gasteiger partial charge in [-0.2, -0.15) is 21.0 Å². The van der Waals surface area contributed by atoms with E-state index < -0.39 is 114 Å². The molecule has 40 heavy (non-hydrogen) atoms. The SMILES string of the molecule is N#CC(C#N)=C1C(c2c(F)c(F)c(F)c(F)c2F)=NC2=C1N=C(c1c(F)c(F)c(F)c(F)c1F)C2=C(C#N)C#N. The molecular formula is C24F10N6. The molecule has 0 saturated carbocycles. The number of hydrogen-bond acceptors (Lipinski definition) is 6. The molecule has 0 aliphatic carbocycles. The second-order valence-corrected chi connectivity index (χ2v) is 7.46. The van der Waals surface area contributed by atoms with Crippen molar-refractivity contribution in [1.82, 2.24) is 0 Å². The number of aliphatic imine (C=N–C) groups is 2. The van der Waals surface area contributed by atoms with Gasteiger partial charge in [-0.05, 0) is 0 Å². The van der Waals surface area contributed by atoms with E-state index in [1.807, 2.05) is 0 Å². The first-order chi connectivity index (χ1) is 18.9. The fraction of sp³-hybridized carbons (Fsp3) is 0. The lowest BCUT2D eigenvalue weighted by atomic mass is 9.95. The van der Waals surface area contributed by atoms with Gasteiger partial charge < -0.3 is 0 Å². The van der Waals surface area contributed by atoms with Gasteiger partial charge in [-0.25, -0.2) is 53.9 Å². The van der Waals surface area contributed by atoms with Crippen LogP contribution >= 0.6 is 0 Å². The van der Waals surface area contributed by atoms with E-state index in [4.69, 9.17) is 0 Å². The predicted octanol–water partition coefficient (Wildman–Crippen LogP) is 5.28. The van der Waals surface area contributed by atoms with Gasteiger partial charge in [-0.1, -0.05) is 0 Å². The molecule has 16 heteroatoms. The summed E-state index contributed by atoms with van der Waals surface area (Å²) in [6.45, 7) is 0. The molecular weight excluding hydrogens is 562 g/mol. The van der Waals surface area contributed by atoms with Crippen molar-refractivity contribution in [3.63, 3.8) is 0 Å². The molecule has 2 aliphatic rings. The fourth-order valence-corrected chi connectivity index (χ4v) is 3.75. The van der Waals surface area contributed by atoms with Gasteiger partial charge in [0.1, 0.15) is 46.8 Å². The summed E-state index contributed by atoms with van der Waals surface area (Å²) in [6.07, 6.45) is 0. The third-order valence-electron chi connectivity index (χ3n) is 5.46. The third-order valence-corrected chi connectivity index (χ3v) is 5.46. The maximum atomic E-state index is 14.7. The van der Waals surface area contributed by atoms with E-state index in [1.165, 1.54) is 24.3 Å². The lowest BCUT2D eigenvalue weighted by Gasteiger charge is -2.13. The van der Waals surface area contributed by atoms with E-state index in [0.29, 0.717) is 0 Å². The van der Waals surface area contributed by atoms with Gasteiger partial charge in [-0.3, -0.25) is 0 Å². The van der Waals surface area contributed by atoms with Crippen LogP contribution in [0.25, 0.3) is 0 Å². The minimum Gasteiger partial charge on any atom is -0.244 e. The minimum absolute atomic E-state index is 0.992. The highest BCUT2D eigenvalue weighted by Gasteiger charge is 2.43. The molecule has 0 N–H and O–H groups in total. The number of allylic oxidation sites excluding steroid dienone is 4. The van der Waals surface area contributed by atoms with Crippen LogP contribution in [-0.2, 0) is 0 Å². The predicted molar refractivity (Wildman–Crippen MR) is 109 cm³/mol. The van der Waals surface area contributed by atoms with E-state index in [9.17, 15) is 65.0 Å². The van der Waals surface area contributed by atoms with E-state index >= 15 is 0 Å². The highest BCUT2D eigenvalue weighted by Crippen LogP contribution is 2.44. The largest absolute Gasteiger partial charge is 0.244 e. The maximum Gasteiger partial charge on any atom is 0.200 e. The molecule has 0 aromatic heterocycles. The quantitative estimate of drug-likeness (QED) is 0.214. The molecule has 6 nitrogen and oxygen atoms in total. The third kappa shape index (κ3) is 3.55. The van der Waals surface area contributed by atoms with Crippen LogP contribution in [0.5, 0.6) is 0 Å². The maximum absolute atomic E-state index is 14.7. The summed E-state index contributed by atoms with van der Waals surface area (Å²) in [5.41, 5.74) is -12.8. The summed E-state index contributed by atoms with van der Waals surface area (Å²) >= 11 is 0. The van der Waals surface area contributed by atoms with Crippen LogP contribution in [0, 0.1) is 103 Å². The van der Waals surface area contributed by atoms with Gasteiger partial charge in [0.25, 0.3) is 0 Å². The van der Waals surface area contributed by atoms with E-state index in [-0.39, 0.29) is 0 Å². The van der Waals surface area contributed by atoms with Gasteiger partial charge in [0.15, 0.2) is 46.5 Å². The second kappa shape index (κ2) is 9.53. The van der Waals surface area contributed by atoms with Gasteiger partial charge in [-0.15, -0.1) is 0 Å². The Morgan fingerprint density at radius 3 is 0.850 bits per heavy atom. The first-order valence-electron chi connectivity index (χ1n) is 9.93. The Kier molecular flexibility index (Phi) is 6.51. The van der Waals surface area contributed by atoms with E-state index in [0.717, 1.165) is 0 Å². The Bertz CT molecular complexity index is 1710. The molecule has 2 heterocycles. The van der Waals surface area contributed by atoms with Crippen LogP contribution in [0.3, 0.4) is 0 Å². The molecule has 0 amide bonds. The van der Waals surface area contributed by atoms with Crippen LogP contribution < -0.4 is 0 Å². The Balaban J connectivity index is 2.17. The molecule has 2 aromatic rings. The van der Waals surface area contributed by atoms with Crippen LogP contribution in [-0.4, -0.2) is 11.4 Å². The van der Waals surface area contributed by atoms with Crippen molar-refractivity contribution >= 4 is 11.4 Å². The molecule has 2 aromatic carbocycles. The van der Waals surface area contributed by atoms with Crippen molar-refractivity contribution in [3.8, 4) is 24.3 Å². The monoisotopic (exact) mass is 562 g/mol. The highest BCUT2D eigenvalue weighted by molar-refractivity contribution is 6.26. The van der Waals surface area contributed by atoms with Crippen molar-refractivity contribution in [1.29, 1.82) is 21.0 Å². The summed E-state index contributed by atoms with van der Waals surface area (Å²) in [7, 11) is 0.